The third kappa shape index (κ3) is 1.91. The Morgan fingerprint density at radius 3 is 2.27 bits per heavy atom. The predicted octanol–water partition coefficient (Wildman–Crippen LogP) is 2.78. The van der Waals surface area contributed by atoms with Gasteiger partial charge in [-0.05, 0) is 35.9 Å². The van der Waals surface area contributed by atoms with Crippen LogP contribution in [-0.4, -0.2) is 5.11 Å². The van der Waals surface area contributed by atoms with Gasteiger partial charge in [-0.1, -0.05) is 12.1 Å². The zero-order chi connectivity index (χ0) is 10.8. The molecule has 0 spiro atoms. The zero-order valence-corrected chi connectivity index (χ0v) is 7.94. The van der Waals surface area contributed by atoms with Crippen molar-refractivity contribution in [1.29, 1.82) is 0 Å². The van der Waals surface area contributed by atoms with E-state index in [4.69, 9.17) is 10.8 Å². The molecule has 0 heterocycles. The van der Waals surface area contributed by atoms with E-state index in [2.05, 4.69) is 0 Å². The lowest BCUT2D eigenvalue weighted by Crippen LogP contribution is -1.89. The molecule has 0 aromatic heterocycles. The number of phenolic OH excluding ortho intramolecular Hbond substituents is 1. The van der Waals surface area contributed by atoms with Crippen LogP contribution in [0.1, 0.15) is 0 Å². The number of hydrogen-bond donors (Lipinski definition) is 2. The molecule has 0 radical (unpaired) electrons. The molecule has 0 saturated carbocycles. The molecule has 2 aromatic carbocycles. The summed E-state index contributed by atoms with van der Waals surface area (Å²) >= 11 is 0. The standard InChI is InChI=1S/C12H10FNO/c13-12-7-9(14)3-6-11(12)8-1-4-10(15)5-2-8/h1-7,15H,14H2. The van der Waals surface area contributed by atoms with Gasteiger partial charge in [-0.15, -0.1) is 0 Å². The number of benzene rings is 2. The summed E-state index contributed by atoms with van der Waals surface area (Å²) in [6, 6.07) is 10.9. The van der Waals surface area contributed by atoms with Gasteiger partial charge in [0.25, 0.3) is 0 Å². The molecule has 2 aromatic rings. The topological polar surface area (TPSA) is 46.2 Å². The molecule has 0 bridgehead atoms. The maximum Gasteiger partial charge on any atom is 0.133 e. The van der Waals surface area contributed by atoms with Crippen LogP contribution in [0, 0.1) is 5.82 Å². The highest BCUT2D eigenvalue weighted by Crippen LogP contribution is 2.25. The van der Waals surface area contributed by atoms with Gasteiger partial charge in [0, 0.05) is 11.3 Å². The maximum absolute atomic E-state index is 13.5. The number of halogens is 1. The Labute approximate surface area is 86.8 Å². The Morgan fingerprint density at radius 2 is 1.67 bits per heavy atom. The molecular formula is C12H10FNO. The van der Waals surface area contributed by atoms with Crippen molar-refractivity contribution in [3.8, 4) is 16.9 Å². The first kappa shape index (κ1) is 9.52. The molecule has 0 unspecified atom stereocenters. The van der Waals surface area contributed by atoms with Crippen molar-refractivity contribution in [2.24, 2.45) is 0 Å². The van der Waals surface area contributed by atoms with E-state index < -0.39 is 0 Å². The van der Waals surface area contributed by atoms with E-state index in [1.54, 1.807) is 24.3 Å². The van der Waals surface area contributed by atoms with Crippen LogP contribution in [0.3, 0.4) is 0 Å². The van der Waals surface area contributed by atoms with Crippen molar-refractivity contribution in [2.75, 3.05) is 5.73 Å². The Kier molecular flexibility index (Phi) is 2.29. The minimum Gasteiger partial charge on any atom is -0.508 e. The molecule has 15 heavy (non-hydrogen) atoms. The fourth-order valence-electron chi connectivity index (χ4n) is 1.41. The fourth-order valence-corrected chi connectivity index (χ4v) is 1.41. The van der Waals surface area contributed by atoms with Crippen molar-refractivity contribution in [2.45, 2.75) is 0 Å². The van der Waals surface area contributed by atoms with Crippen molar-refractivity contribution in [3.05, 3.63) is 48.3 Å². The SMILES string of the molecule is Nc1ccc(-c2ccc(O)cc2)c(F)c1. The quantitative estimate of drug-likeness (QED) is 0.700. The predicted molar refractivity (Wildman–Crippen MR) is 57.9 cm³/mol. The van der Waals surface area contributed by atoms with Gasteiger partial charge in [0.1, 0.15) is 11.6 Å². The number of hydrogen-bond acceptors (Lipinski definition) is 2. The summed E-state index contributed by atoms with van der Waals surface area (Å²) in [4.78, 5) is 0. The van der Waals surface area contributed by atoms with Gasteiger partial charge in [-0.3, -0.25) is 0 Å². The van der Waals surface area contributed by atoms with Crippen LogP contribution in [0.4, 0.5) is 10.1 Å². The largest absolute Gasteiger partial charge is 0.508 e. The minimum atomic E-state index is -0.360. The van der Waals surface area contributed by atoms with Crippen LogP contribution >= 0.6 is 0 Å². The number of anilines is 1. The molecule has 3 heteroatoms. The third-order valence-electron chi connectivity index (χ3n) is 2.17. The molecule has 0 amide bonds. The Morgan fingerprint density at radius 1 is 1.00 bits per heavy atom. The van der Waals surface area contributed by atoms with Crippen LogP contribution in [0.5, 0.6) is 5.75 Å². The zero-order valence-electron chi connectivity index (χ0n) is 7.94. The van der Waals surface area contributed by atoms with Crippen molar-refractivity contribution in [3.63, 3.8) is 0 Å². The Hall–Kier alpha value is -2.03. The highest BCUT2D eigenvalue weighted by Gasteiger charge is 2.04. The lowest BCUT2D eigenvalue weighted by atomic mass is 10.0. The summed E-state index contributed by atoms with van der Waals surface area (Å²) in [5.41, 5.74) is 7.04. The Bertz CT molecular complexity index is 479. The van der Waals surface area contributed by atoms with E-state index in [1.807, 2.05) is 0 Å². The lowest BCUT2D eigenvalue weighted by molar-refractivity contribution is 0.475. The summed E-state index contributed by atoms with van der Waals surface area (Å²) < 4.78 is 13.5. The van der Waals surface area contributed by atoms with Gasteiger partial charge in [0.15, 0.2) is 0 Å². The second-order valence-electron chi connectivity index (χ2n) is 3.29. The highest BCUT2D eigenvalue weighted by atomic mass is 19.1. The summed E-state index contributed by atoms with van der Waals surface area (Å²) in [5, 5.41) is 9.10. The van der Waals surface area contributed by atoms with Gasteiger partial charge >= 0.3 is 0 Å². The second-order valence-corrected chi connectivity index (χ2v) is 3.29. The number of nitrogen functional groups attached to an aromatic ring is 1. The molecule has 0 aliphatic rings. The first-order chi connectivity index (χ1) is 7.16. The summed E-state index contributed by atoms with van der Waals surface area (Å²) in [6.07, 6.45) is 0. The van der Waals surface area contributed by atoms with Crippen LogP contribution in [0.25, 0.3) is 11.1 Å². The third-order valence-corrected chi connectivity index (χ3v) is 2.17. The number of aromatic hydroxyl groups is 1. The molecule has 2 nitrogen and oxygen atoms in total. The fraction of sp³-hybridized carbons (Fsp3) is 0. The molecule has 0 aliphatic heterocycles. The smallest absolute Gasteiger partial charge is 0.133 e. The van der Waals surface area contributed by atoms with Crippen LogP contribution in [-0.2, 0) is 0 Å². The average molecular weight is 203 g/mol. The first-order valence-corrected chi connectivity index (χ1v) is 4.51. The summed E-state index contributed by atoms with van der Waals surface area (Å²) in [7, 11) is 0. The molecule has 0 fully saturated rings. The van der Waals surface area contributed by atoms with Gasteiger partial charge < -0.3 is 10.8 Å². The summed E-state index contributed by atoms with van der Waals surface area (Å²) in [6.45, 7) is 0. The molecular weight excluding hydrogens is 193 g/mol. The Balaban J connectivity index is 2.49. The minimum absolute atomic E-state index is 0.162. The molecule has 2 rings (SSSR count). The summed E-state index contributed by atoms with van der Waals surface area (Å²) in [5.74, 6) is -0.199. The van der Waals surface area contributed by atoms with Gasteiger partial charge in [-0.2, -0.15) is 0 Å². The normalized spacial score (nSPS) is 10.2. The molecule has 76 valence electrons. The van der Waals surface area contributed by atoms with Gasteiger partial charge in [0.2, 0.25) is 0 Å². The number of phenols is 1. The van der Waals surface area contributed by atoms with Gasteiger partial charge in [-0.25, -0.2) is 4.39 Å². The van der Waals surface area contributed by atoms with Crippen molar-refractivity contribution >= 4 is 5.69 Å². The van der Waals surface area contributed by atoms with Gasteiger partial charge in [0.05, 0.1) is 0 Å². The van der Waals surface area contributed by atoms with Crippen LogP contribution < -0.4 is 5.73 Å². The first-order valence-electron chi connectivity index (χ1n) is 4.51. The number of nitrogens with two attached hydrogens (primary N) is 1. The molecule has 0 saturated heterocycles. The lowest BCUT2D eigenvalue weighted by Gasteiger charge is -2.04. The maximum atomic E-state index is 13.5. The molecule has 0 aliphatic carbocycles. The highest BCUT2D eigenvalue weighted by molar-refractivity contribution is 5.66. The van der Waals surface area contributed by atoms with E-state index in [0.29, 0.717) is 16.8 Å². The monoisotopic (exact) mass is 203 g/mol. The van der Waals surface area contributed by atoms with Crippen molar-refractivity contribution in [1.82, 2.24) is 0 Å². The van der Waals surface area contributed by atoms with Crippen molar-refractivity contribution < 1.29 is 9.50 Å². The van der Waals surface area contributed by atoms with Crippen LogP contribution in [0.2, 0.25) is 0 Å². The van der Waals surface area contributed by atoms with E-state index in [0.717, 1.165) is 0 Å². The van der Waals surface area contributed by atoms with E-state index in [1.165, 1.54) is 18.2 Å². The second kappa shape index (κ2) is 3.61. The molecule has 0 atom stereocenters. The number of rotatable bonds is 1. The van der Waals surface area contributed by atoms with E-state index in [-0.39, 0.29) is 11.6 Å². The average Bonchev–Trinajstić information content (AvgIpc) is 2.20. The van der Waals surface area contributed by atoms with Crippen LogP contribution in [0.15, 0.2) is 42.5 Å². The molecule has 3 N–H and O–H groups in total. The van der Waals surface area contributed by atoms with E-state index in [9.17, 15) is 4.39 Å². The van der Waals surface area contributed by atoms with E-state index >= 15 is 0 Å².